The van der Waals surface area contributed by atoms with Crippen LogP contribution in [0, 0.1) is 10.1 Å². The summed E-state index contributed by atoms with van der Waals surface area (Å²) in [5.41, 5.74) is -0.0222. The predicted molar refractivity (Wildman–Crippen MR) is 96.5 cm³/mol. The molecule has 142 valence electrons. The molecule has 0 saturated heterocycles. The van der Waals surface area contributed by atoms with Gasteiger partial charge in [0, 0.05) is 11.6 Å². The van der Waals surface area contributed by atoms with Gasteiger partial charge in [-0.3, -0.25) is 14.9 Å². The average molecular weight is 373 g/mol. The summed E-state index contributed by atoms with van der Waals surface area (Å²) in [6.07, 6.45) is -0.967. The molecule has 27 heavy (non-hydrogen) atoms. The second-order valence-electron chi connectivity index (χ2n) is 5.51. The highest BCUT2D eigenvalue weighted by Gasteiger charge is 2.24. The number of ketones is 1. The van der Waals surface area contributed by atoms with E-state index in [1.807, 2.05) is 6.92 Å². The Hall–Kier alpha value is -3.42. The van der Waals surface area contributed by atoms with Gasteiger partial charge in [-0.25, -0.2) is 4.79 Å². The molecule has 0 amide bonds. The number of carbonyl (C=O) groups excluding carboxylic acids is 2. The van der Waals surface area contributed by atoms with Crippen molar-refractivity contribution in [1.82, 2.24) is 0 Å². The number of nitro groups is 1. The second-order valence-corrected chi connectivity index (χ2v) is 5.51. The number of hydrogen-bond donors (Lipinski definition) is 0. The summed E-state index contributed by atoms with van der Waals surface area (Å²) in [4.78, 5) is 34.6. The van der Waals surface area contributed by atoms with Crippen molar-refractivity contribution in [3.8, 4) is 11.5 Å². The van der Waals surface area contributed by atoms with Crippen molar-refractivity contribution in [3.05, 3.63) is 63.7 Å². The smallest absolute Gasteiger partial charge is 0.338 e. The van der Waals surface area contributed by atoms with Crippen molar-refractivity contribution in [3.63, 3.8) is 0 Å². The fraction of sp³-hybridized carbons (Fsp3) is 0.263. The van der Waals surface area contributed by atoms with E-state index in [2.05, 4.69) is 4.74 Å². The monoisotopic (exact) mass is 373 g/mol. The number of esters is 1. The Balaban J connectivity index is 2.20. The van der Waals surface area contributed by atoms with Crippen LogP contribution in [0.15, 0.2) is 42.5 Å². The quantitative estimate of drug-likeness (QED) is 0.302. The first-order valence-corrected chi connectivity index (χ1v) is 8.17. The molecule has 0 heterocycles. The van der Waals surface area contributed by atoms with Crippen LogP contribution in [0.25, 0.3) is 0 Å². The number of rotatable bonds is 8. The molecule has 0 spiro atoms. The number of carbonyl (C=O) groups is 2. The van der Waals surface area contributed by atoms with E-state index >= 15 is 0 Å². The molecule has 1 atom stereocenters. The molecule has 8 heteroatoms. The van der Waals surface area contributed by atoms with E-state index in [1.54, 1.807) is 24.3 Å². The van der Waals surface area contributed by atoms with Gasteiger partial charge < -0.3 is 14.2 Å². The predicted octanol–water partition coefficient (Wildman–Crippen LogP) is 3.43. The van der Waals surface area contributed by atoms with Crippen LogP contribution >= 0.6 is 0 Å². The minimum atomic E-state index is -0.967. The first kappa shape index (κ1) is 19.9. The van der Waals surface area contributed by atoms with Crippen LogP contribution in [0.4, 0.5) is 5.69 Å². The summed E-state index contributed by atoms with van der Waals surface area (Å²) in [6.45, 7) is 3.86. The molecule has 0 unspecified atom stereocenters. The lowest BCUT2D eigenvalue weighted by Crippen LogP contribution is -2.24. The van der Waals surface area contributed by atoms with Crippen LogP contribution in [-0.2, 0) is 4.74 Å². The molecule has 2 aromatic rings. The molecule has 0 bridgehead atoms. The van der Waals surface area contributed by atoms with E-state index in [0.717, 1.165) is 6.07 Å². The summed E-state index contributed by atoms with van der Waals surface area (Å²) < 4.78 is 15.4. The number of nitro benzene ring substituents is 1. The Morgan fingerprint density at radius 2 is 1.74 bits per heavy atom. The zero-order valence-electron chi connectivity index (χ0n) is 15.1. The number of Topliss-reactive ketones (excluding diaryl/α,β-unsaturated/α-hetero) is 1. The molecular weight excluding hydrogens is 354 g/mol. The lowest BCUT2D eigenvalue weighted by molar-refractivity contribution is -0.386. The highest BCUT2D eigenvalue weighted by molar-refractivity contribution is 5.99. The number of methoxy groups -OCH3 is 1. The lowest BCUT2D eigenvalue weighted by Gasteiger charge is -2.14. The standard InChI is InChI=1S/C19H19NO7/c1-4-26-15-8-5-13(6-9-15)18(21)12(2)27-17-10-7-14(19(22)25-3)11-16(17)20(23)24/h5-12H,4H2,1-3H3/t12-/m1/s1. The zero-order valence-corrected chi connectivity index (χ0v) is 15.1. The van der Waals surface area contributed by atoms with Gasteiger partial charge in [0.2, 0.25) is 5.78 Å². The lowest BCUT2D eigenvalue weighted by atomic mass is 10.1. The Kier molecular flexibility index (Phi) is 6.48. The van der Waals surface area contributed by atoms with E-state index in [0.29, 0.717) is 17.9 Å². The van der Waals surface area contributed by atoms with Crippen LogP contribution in [0.3, 0.4) is 0 Å². The van der Waals surface area contributed by atoms with Gasteiger partial charge in [0.1, 0.15) is 5.75 Å². The molecule has 0 saturated carbocycles. The topological polar surface area (TPSA) is 105 Å². The van der Waals surface area contributed by atoms with E-state index in [1.165, 1.54) is 26.2 Å². The van der Waals surface area contributed by atoms with Crippen LogP contribution in [-0.4, -0.2) is 36.5 Å². The van der Waals surface area contributed by atoms with Gasteiger partial charge in [-0.05, 0) is 50.2 Å². The molecule has 2 rings (SSSR count). The minimum Gasteiger partial charge on any atom is -0.494 e. The number of hydrogen-bond acceptors (Lipinski definition) is 7. The second kappa shape index (κ2) is 8.79. The molecule has 0 fully saturated rings. The van der Waals surface area contributed by atoms with E-state index in [4.69, 9.17) is 9.47 Å². The first-order chi connectivity index (χ1) is 12.9. The maximum atomic E-state index is 12.5. The van der Waals surface area contributed by atoms with E-state index in [9.17, 15) is 19.7 Å². The molecule has 8 nitrogen and oxygen atoms in total. The fourth-order valence-corrected chi connectivity index (χ4v) is 2.37. The summed E-state index contributed by atoms with van der Waals surface area (Å²) >= 11 is 0. The van der Waals surface area contributed by atoms with Crippen molar-refractivity contribution in [2.45, 2.75) is 20.0 Å². The Morgan fingerprint density at radius 1 is 1.11 bits per heavy atom. The molecule has 0 radical (unpaired) electrons. The van der Waals surface area contributed by atoms with Gasteiger partial charge in [-0.2, -0.15) is 0 Å². The molecule has 0 N–H and O–H groups in total. The van der Waals surface area contributed by atoms with Gasteiger partial charge in [-0.1, -0.05) is 0 Å². The first-order valence-electron chi connectivity index (χ1n) is 8.17. The van der Waals surface area contributed by atoms with Crippen LogP contribution in [0.5, 0.6) is 11.5 Å². The largest absolute Gasteiger partial charge is 0.494 e. The van der Waals surface area contributed by atoms with Gasteiger partial charge in [0.05, 0.1) is 24.2 Å². The number of benzene rings is 2. The van der Waals surface area contributed by atoms with E-state index < -0.39 is 22.7 Å². The minimum absolute atomic E-state index is 0.0158. The highest BCUT2D eigenvalue weighted by atomic mass is 16.6. The molecule has 0 aliphatic carbocycles. The van der Waals surface area contributed by atoms with Gasteiger partial charge in [0.15, 0.2) is 11.9 Å². The van der Waals surface area contributed by atoms with Gasteiger partial charge >= 0.3 is 11.7 Å². The van der Waals surface area contributed by atoms with Gasteiger partial charge in [-0.15, -0.1) is 0 Å². The maximum Gasteiger partial charge on any atom is 0.338 e. The number of nitrogens with zero attached hydrogens (tertiary/aromatic N) is 1. The molecule has 0 aromatic heterocycles. The normalized spacial score (nSPS) is 11.4. The maximum absolute atomic E-state index is 12.5. The molecule has 2 aromatic carbocycles. The van der Waals surface area contributed by atoms with Crippen molar-refractivity contribution in [2.24, 2.45) is 0 Å². The van der Waals surface area contributed by atoms with Crippen molar-refractivity contribution >= 4 is 17.4 Å². The SMILES string of the molecule is CCOc1ccc(C(=O)[C@@H](C)Oc2ccc(C(=O)OC)cc2[N+](=O)[O-])cc1. The third-order valence-corrected chi connectivity index (χ3v) is 3.70. The van der Waals surface area contributed by atoms with Gasteiger partial charge in [0.25, 0.3) is 0 Å². The third kappa shape index (κ3) is 4.81. The molecular formula is C19H19NO7. The Labute approximate surface area is 155 Å². The summed E-state index contributed by atoms with van der Waals surface area (Å²) in [6, 6.07) is 10.2. The fourth-order valence-electron chi connectivity index (χ4n) is 2.37. The van der Waals surface area contributed by atoms with Crippen LogP contribution in [0.1, 0.15) is 34.6 Å². The molecule has 0 aliphatic rings. The average Bonchev–Trinajstić information content (AvgIpc) is 2.67. The van der Waals surface area contributed by atoms with Crippen molar-refractivity contribution in [1.29, 1.82) is 0 Å². The Bertz CT molecular complexity index is 846. The molecule has 0 aliphatic heterocycles. The van der Waals surface area contributed by atoms with Crippen LogP contribution < -0.4 is 9.47 Å². The number of ether oxygens (including phenoxy) is 3. The summed E-state index contributed by atoms with van der Waals surface area (Å²) in [5, 5.41) is 11.3. The van der Waals surface area contributed by atoms with Crippen molar-refractivity contribution < 1.29 is 28.7 Å². The van der Waals surface area contributed by atoms with Crippen molar-refractivity contribution in [2.75, 3.05) is 13.7 Å². The summed E-state index contributed by atoms with van der Waals surface area (Å²) in [7, 11) is 1.18. The Morgan fingerprint density at radius 3 is 2.30 bits per heavy atom. The van der Waals surface area contributed by atoms with E-state index in [-0.39, 0.29) is 17.1 Å². The summed E-state index contributed by atoms with van der Waals surface area (Å²) in [5.74, 6) is -0.524. The highest BCUT2D eigenvalue weighted by Crippen LogP contribution is 2.29. The third-order valence-electron chi connectivity index (χ3n) is 3.70. The zero-order chi connectivity index (χ0) is 20.0. The van der Waals surface area contributed by atoms with Crippen LogP contribution in [0.2, 0.25) is 0 Å².